The van der Waals surface area contributed by atoms with E-state index in [1.165, 1.54) is 0 Å². The first-order valence-corrected chi connectivity index (χ1v) is 7.90. The third-order valence-corrected chi connectivity index (χ3v) is 3.56. The van der Waals surface area contributed by atoms with E-state index in [-0.39, 0.29) is 22.4 Å². The summed E-state index contributed by atoms with van der Waals surface area (Å²) in [4.78, 5) is 12.4. The number of benzene rings is 1. The lowest BCUT2D eigenvalue weighted by Gasteiger charge is -2.28. The van der Waals surface area contributed by atoms with Gasteiger partial charge >= 0.3 is 0 Å². The van der Waals surface area contributed by atoms with Crippen molar-refractivity contribution in [3.05, 3.63) is 28.8 Å². The minimum absolute atomic E-state index is 0.181. The normalized spacial score (nSPS) is 11.8. The molecule has 0 unspecified atom stereocenters. The smallest absolute Gasteiger partial charge is 0.236 e. The predicted octanol–water partition coefficient (Wildman–Crippen LogP) is 4.97. The van der Waals surface area contributed by atoms with Crippen LogP contribution in [0.2, 0.25) is 0 Å². The average molecular weight is 300 g/mol. The average Bonchev–Trinajstić information content (AvgIpc) is 2.35. The van der Waals surface area contributed by atoms with Gasteiger partial charge in [-0.2, -0.15) is 0 Å². The fourth-order valence-electron chi connectivity index (χ4n) is 2.48. The summed E-state index contributed by atoms with van der Waals surface area (Å²) in [5.41, 5.74) is 1.55. The van der Waals surface area contributed by atoms with E-state index in [0.717, 1.165) is 12.0 Å². The van der Waals surface area contributed by atoms with Crippen LogP contribution in [0.4, 0.5) is 0 Å². The van der Waals surface area contributed by atoms with Crippen molar-refractivity contribution in [3.63, 3.8) is 0 Å². The summed E-state index contributed by atoms with van der Waals surface area (Å²) in [7, 11) is 0. The third-order valence-electron chi connectivity index (χ3n) is 3.56. The maximum Gasteiger partial charge on any atom is 0.236 e. The zero-order valence-corrected chi connectivity index (χ0v) is 14.9. The van der Waals surface area contributed by atoms with Crippen LogP contribution in [0, 0.1) is 11.8 Å². The molecule has 0 saturated heterocycles. The second-order valence-electron chi connectivity index (χ2n) is 7.77. The van der Waals surface area contributed by atoms with E-state index in [9.17, 15) is 9.90 Å². The van der Waals surface area contributed by atoms with Gasteiger partial charge in [0, 0.05) is 17.5 Å². The van der Waals surface area contributed by atoms with Crippen molar-refractivity contribution in [2.24, 2.45) is 0 Å². The molecule has 0 saturated carbocycles. The zero-order valence-electron chi connectivity index (χ0n) is 14.9. The predicted molar refractivity (Wildman–Crippen MR) is 92.5 cm³/mol. The zero-order chi connectivity index (χ0) is 17.1. The van der Waals surface area contributed by atoms with Crippen LogP contribution < -0.4 is 0 Å². The molecule has 22 heavy (non-hydrogen) atoms. The number of aromatic hydroxyl groups is 1. The van der Waals surface area contributed by atoms with Gasteiger partial charge in [0.05, 0.1) is 0 Å². The van der Waals surface area contributed by atoms with Gasteiger partial charge in [0.1, 0.15) is 5.75 Å². The first kappa shape index (κ1) is 18.3. The van der Waals surface area contributed by atoms with Gasteiger partial charge in [-0.25, -0.2) is 0 Å². The Labute approximate surface area is 134 Å². The molecule has 0 atom stereocenters. The highest BCUT2D eigenvalue weighted by molar-refractivity contribution is 6.10. The summed E-state index contributed by atoms with van der Waals surface area (Å²) in [5, 5.41) is 10.8. The van der Waals surface area contributed by atoms with E-state index in [2.05, 4.69) is 32.6 Å². The van der Waals surface area contributed by atoms with Crippen LogP contribution in [0.15, 0.2) is 12.1 Å². The monoisotopic (exact) mass is 300 g/mol. The van der Waals surface area contributed by atoms with Crippen LogP contribution in [0.3, 0.4) is 0 Å². The summed E-state index contributed by atoms with van der Waals surface area (Å²) < 4.78 is 0. The van der Waals surface area contributed by atoms with E-state index in [1.807, 2.05) is 39.8 Å². The number of phenols is 1. The first-order valence-electron chi connectivity index (χ1n) is 7.90. The van der Waals surface area contributed by atoms with Crippen LogP contribution in [0.25, 0.3) is 0 Å². The number of ketones is 1. The van der Waals surface area contributed by atoms with E-state index in [4.69, 9.17) is 0 Å². The third kappa shape index (κ3) is 4.13. The van der Waals surface area contributed by atoms with E-state index in [0.29, 0.717) is 17.5 Å². The molecular weight excluding hydrogens is 272 g/mol. The molecule has 120 valence electrons. The lowest BCUT2D eigenvalue weighted by molar-refractivity contribution is 0.105. The number of hydrogen-bond acceptors (Lipinski definition) is 2. The van der Waals surface area contributed by atoms with Gasteiger partial charge in [-0.1, -0.05) is 60.5 Å². The molecule has 0 aliphatic rings. The highest BCUT2D eigenvalue weighted by Crippen LogP contribution is 2.40. The number of carbonyl (C=O) groups excluding carboxylic acids is 1. The molecule has 2 heteroatoms. The molecule has 0 spiro atoms. The van der Waals surface area contributed by atoms with E-state index >= 15 is 0 Å². The number of phenolic OH excluding ortho intramolecular Hbond substituents is 1. The van der Waals surface area contributed by atoms with E-state index in [1.54, 1.807) is 0 Å². The highest BCUT2D eigenvalue weighted by Gasteiger charge is 2.29. The van der Waals surface area contributed by atoms with Crippen LogP contribution in [-0.4, -0.2) is 10.9 Å². The van der Waals surface area contributed by atoms with Crippen molar-refractivity contribution in [1.82, 2.24) is 0 Å². The summed E-state index contributed by atoms with van der Waals surface area (Å²) in [5.74, 6) is 5.60. The van der Waals surface area contributed by atoms with Gasteiger partial charge in [0.25, 0.3) is 0 Å². The summed E-state index contributed by atoms with van der Waals surface area (Å²) in [6.45, 7) is 14.2. The molecule has 1 rings (SSSR count). The number of rotatable bonds is 2. The van der Waals surface area contributed by atoms with Crippen molar-refractivity contribution in [3.8, 4) is 17.6 Å². The van der Waals surface area contributed by atoms with Crippen molar-refractivity contribution < 1.29 is 9.90 Å². The standard InChI is InChI=1S/C20H28O2/c1-8-9-10-11-16(21)14-12-13-15(19(2,3)4)18(22)17(14)20(5,6)7/h12-13,22H,8-9H2,1-7H3. The molecule has 0 heterocycles. The SMILES string of the molecule is CCCC#CC(=O)c1ccc(C(C)(C)C)c(O)c1C(C)(C)C. The fourth-order valence-corrected chi connectivity index (χ4v) is 2.48. The molecule has 0 bridgehead atoms. The van der Waals surface area contributed by atoms with Crippen molar-refractivity contribution >= 4 is 5.78 Å². The van der Waals surface area contributed by atoms with Crippen molar-refractivity contribution in [2.75, 3.05) is 0 Å². The quantitative estimate of drug-likeness (QED) is 0.475. The van der Waals surface area contributed by atoms with Gasteiger partial charge in [0.15, 0.2) is 0 Å². The van der Waals surface area contributed by atoms with Crippen LogP contribution >= 0.6 is 0 Å². The Morgan fingerprint density at radius 3 is 2.14 bits per heavy atom. The van der Waals surface area contributed by atoms with Crippen LogP contribution in [-0.2, 0) is 10.8 Å². The number of unbranched alkanes of at least 4 members (excludes halogenated alkanes) is 1. The Balaban J connectivity index is 3.52. The van der Waals surface area contributed by atoms with E-state index < -0.39 is 0 Å². The maximum absolute atomic E-state index is 12.4. The fraction of sp³-hybridized carbons (Fsp3) is 0.550. The second kappa shape index (κ2) is 6.57. The van der Waals surface area contributed by atoms with Crippen LogP contribution in [0.5, 0.6) is 5.75 Å². The lowest BCUT2D eigenvalue weighted by Crippen LogP contribution is -2.20. The molecule has 0 aliphatic heterocycles. The summed E-state index contributed by atoms with van der Waals surface area (Å²) >= 11 is 0. The molecule has 2 nitrogen and oxygen atoms in total. The van der Waals surface area contributed by atoms with Gasteiger partial charge in [-0.15, -0.1) is 0 Å². The Bertz CT molecular complexity index is 614. The largest absolute Gasteiger partial charge is 0.507 e. The Kier molecular flexibility index (Phi) is 5.46. The molecule has 0 aromatic heterocycles. The topological polar surface area (TPSA) is 37.3 Å². The second-order valence-corrected chi connectivity index (χ2v) is 7.77. The number of carbonyl (C=O) groups is 1. The highest BCUT2D eigenvalue weighted by atomic mass is 16.3. The number of hydrogen-bond donors (Lipinski definition) is 1. The molecule has 1 aromatic carbocycles. The van der Waals surface area contributed by atoms with Crippen LogP contribution in [0.1, 0.15) is 82.8 Å². The number of Topliss-reactive ketones (excluding diaryl/α,β-unsaturated/α-hetero) is 1. The van der Waals surface area contributed by atoms with Gasteiger partial charge in [-0.05, 0) is 34.8 Å². The minimum atomic E-state index is -0.331. The molecule has 0 fully saturated rings. The van der Waals surface area contributed by atoms with Crippen molar-refractivity contribution in [2.45, 2.75) is 72.1 Å². The summed E-state index contributed by atoms with van der Waals surface area (Å²) in [6, 6.07) is 3.66. The molecular formula is C20H28O2. The molecule has 0 aliphatic carbocycles. The van der Waals surface area contributed by atoms with Gasteiger partial charge in [-0.3, -0.25) is 4.79 Å². The Hall–Kier alpha value is -1.75. The van der Waals surface area contributed by atoms with Crippen molar-refractivity contribution in [1.29, 1.82) is 0 Å². The van der Waals surface area contributed by atoms with Gasteiger partial charge < -0.3 is 5.11 Å². The lowest BCUT2D eigenvalue weighted by atomic mass is 9.76. The van der Waals surface area contributed by atoms with Gasteiger partial charge in [0.2, 0.25) is 5.78 Å². The minimum Gasteiger partial charge on any atom is -0.507 e. The molecule has 1 aromatic rings. The maximum atomic E-state index is 12.4. The molecule has 0 amide bonds. The molecule has 1 N–H and O–H groups in total. The summed E-state index contributed by atoms with van der Waals surface area (Å²) in [6.07, 6.45) is 1.64. The Morgan fingerprint density at radius 2 is 1.68 bits per heavy atom. The first-order chi connectivity index (χ1) is 10.00. The molecule has 0 radical (unpaired) electrons. The Morgan fingerprint density at radius 1 is 1.09 bits per heavy atom.